The molecular formula is C7H6ClNO4S. The molecule has 1 N–H and O–H groups in total. The van der Waals surface area contributed by atoms with Crippen molar-refractivity contribution in [1.82, 2.24) is 4.98 Å². The van der Waals surface area contributed by atoms with Crippen LogP contribution in [0.15, 0.2) is 17.2 Å². The highest BCUT2D eigenvalue weighted by Crippen LogP contribution is 2.18. The van der Waals surface area contributed by atoms with Gasteiger partial charge in [-0.1, -0.05) is 11.6 Å². The first kappa shape index (κ1) is 10.9. The van der Waals surface area contributed by atoms with Gasteiger partial charge in [0.15, 0.2) is 9.84 Å². The van der Waals surface area contributed by atoms with Crippen LogP contribution < -0.4 is 0 Å². The van der Waals surface area contributed by atoms with E-state index in [9.17, 15) is 13.2 Å². The number of hydrogen-bond donors (Lipinski definition) is 1. The summed E-state index contributed by atoms with van der Waals surface area (Å²) in [4.78, 5) is 13.8. The Morgan fingerprint density at radius 3 is 2.57 bits per heavy atom. The van der Waals surface area contributed by atoms with E-state index in [0.717, 1.165) is 18.5 Å². The van der Waals surface area contributed by atoms with Crippen molar-refractivity contribution in [3.8, 4) is 0 Å². The molecule has 0 fully saturated rings. The fraction of sp³-hybridized carbons (Fsp3) is 0.143. The number of aromatic nitrogens is 1. The molecular weight excluding hydrogens is 230 g/mol. The lowest BCUT2D eigenvalue weighted by Crippen LogP contribution is -2.08. The maximum absolute atomic E-state index is 11.2. The monoisotopic (exact) mass is 235 g/mol. The van der Waals surface area contributed by atoms with E-state index >= 15 is 0 Å². The van der Waals surface area contributed by atoms with Gasteiger partial charge < -0.3 is 5.11 Å². The van der Waals surface area contributed by atoms with Gasteiger partial charge >= 0.3 is 5.97 Å². The molecule has 0 saturated carbocycles. The summed E-state index contributed by atoms with van der Waals surface area (Å²) in [6.07, 6.45) is 1.83. The summed E-state index contributed by atoms with van der Waals surface area (Å²) in [5.41, 5.74) is -0.378. The highest BCUT2D eigenvalue weighted by Gasteiger charge is 2.19. The first-order valence-corrected chi connectivity index (χ1v) is 5.68. The Morgan fingerprint density at radius 2 is 2.14 bits per heavy atom. The van der Waals surface area contributed by atoms with Crippen molar-refractivity contribution >= 4 is 27.4 Å². The molecule has 0 aliphatic rings. The molecule has 0 aromatic carbocycles. The largest absolute Gasteiger partial charge is 0.478 e. The lowest BCUT2D eigenvalue weighted by Gasteiger charge is -2.02. The van der Waals surface area contributed by atoms with Crippen molar-refractivity contribution in [1.29, 1.82) is 0 Å². The molecule has 0 amide bonds. The minimum atomic E-state index is -3.61. The van der Waals surface area contributed by atoms with Crippen LogP contribution in [0.4, 0.5) is 0 Å². The Kier molecular flexibility index (Phi) is 2.77. The van der Waals surface area contributed by atoms with Gasteiger partial charge in [-0.05, 0) is 6.07 Å². The second-order valence-corrected chi connectivity index (χ2v) is 4.95. The quantitative estimate of drug-likeness (QED) is 0.768. The summed E-state index contributed by atoms with van der Waals surface area (Å²) < 4.78 is 22.3. The van der Waals surface area contributed by atoms with E-state index in [1.807, 2.05) is 0 Å². The fourth-order valence-corrected chi connectivity index (χ4v) is 1.97. The van der Waals surface area contributed by atoms with Gasteiger partial charge in [0, 0.05) is 12.5 Å². The van der Waals surface area contributed by atoms with Gasteiger partial charge in [-0.25, -0.2) is 18.2 Å². The normalized spacial score (nSPS) is 11.3. The molecule has 1 aromatic rings. The van der Waals surface area contributed by atoms with Gasteiger partial charge in [-0.3, -0.25) is 0 Å². The number of carboxylic acid groups (broad SMARTS) is 1. The molecule has 0 bridgehead atoms. The lowest BCUT2D eigenvalue weighted by atomic mass is 10.3. The standard InChI is InChI=1S/C7H6ClNO4S/c1-14(12,13)5-2-6(8)9-3-4(5)7(10)11/h2-3H,1H3,(H,10,11). The van der Waals surface area contributed by atoms with E-state index in [1.54, 1.807) is 0 Å². The predicted molar refractivity (Wildman–Crippen MR) is 49.3 cm³/mol. The van der Waals surface area contributed by atoms with Gasteiger partial charge in [0.1, 0.15) is 5.15 Å². The third kappa shape index (κ3) is 2.21. The van der Waals surface area contributed by atoms with Crippen molar-refractivity contribution in [3.63, 3.8) is 0 Å². The maximum atomic E-state index is 11.2. The Balaban J connectivity index is 3.54. The van der Waals surface area contributed by atoms with Gasteiger partial charge in [0.05, 0.1) is 10.5 Å². The van der Waals surface area contributed by atoms with Crippen molar-refractivity contribution in [2.45, 2.75) is 4.90 Å². The molecule has 1 heterocycles. The highest BCUT2D eigenvalue weighted by atomic mass is 35.5. The summed E-state index contributed by atoms with van der Waals surface area (Å²) >= 11 is 5.46. The van der Waals surface area contributed by atoms with E-state index in [0.29, 0.717) is 0 Å². The molecule has 0 atom stereocenters. The number of aromatic carboxylic acids is 1. The van der Waals surface area contributed by atoms with E-state index in [-0.39, 0.29) is 15.6 Å². The van der Waals surface area contributed by atoms with Crippen LogP contribution in [-0.2, 0) is 9.84 Å². The van der Waals surface area contributed by atoms with Crippen LogP contribution in [0.25, 0.3) is 0 Å². The predicted octanol–water partition coefficient (Wildman–Crippen LogP) is 0.837. The van der Waals surface area contributed by atoms with Crippen LogP contribution >= 0.6 is 11.6 Å². The molecule has 0 aliphatic carbocycles. The van der Waals surface area contributed by atoms with E-state index < -0.39 is 15.8 Å². The molecule has 0 unspecified atom stereocenters. The third-order valence-electron chi connectivity index (χ3n) is 1.46. The topological polar surface area (TPSA) is 84.3 Å². The zero-order chi connectivity index (χ0) is 10.9. The first-order chi connectivity index (χ1) is 6.32. The fourth-order valence-electron chi connectivity index (χ4n) is 0.880. The van der Waals surface area contributed by atoms with Gasteiger partial charge in [0.25, 0.3) is 0 Å². The Morgan fingerprint density at radius 1 is 1.57 bits per heavy atom. The maximum Gasteiger partial charge on any atom is 0.338 e. The number of rotatable bonds is 2. The van der Waals surface area contributed by atoms with Crippen LogP contribution in [0, 0.1) is 0 Å². The number of pyridine rings is 1. The van der Waals surface area contributed by atoms with E-state index in [1.165, 1.54) is 0 Å². The molecule has 76 valence electrons. The molecule has 5 nitrogen and oxygen atoms in total. The first-order valence-electron chi connectivity index (χ1n) is 3.41. The van der Waals surface area contributed by atoms with Crippen LogP contribution in [0.5, 0.6) is 0 Å². The number of carboxylic acids is 1. The van der Waals surface area contributed by atoms with Gasteiger partial charge in [0.2, 0.25) is 0 Å². The summed E-state index contributed by atoms with van der Waals surface area (Å²) in [7, 11) is -3.61. The second-order valence-electron chi connectivity index (χ2n) is 2.58. The number of halogens is 1. The van der Waals surface area contributed by atoms with Crippen LogP contribution in [-0.4, -0.2) is 30.7 Å². The van der Waals surface area contributed by atoms with Crippen molar-refractivity contribution in [2.24, 2.45) is 0 Å². The average molecular weight is 236 g/mol. The molecule has 0 saturated heterocycles. The molecule has 0 aliphatic heterocycles. The molecule has 1 aromatic heterocycles. The van der Waals surface area contributed by atoms with Gasteiger partial charge in [-0.15, -0.1) is 0 Å². The molecule has 0 spiro atoms. The Bertz CT molecular complexity index is 482. The second kappa shape index (κ2) is 3.55. The average Bonchev–Trinajstić information content (AvgIpc) is 2.01. The van der Waals surface area contributed by atoms with Crippen LogP contribution in [0.1, 0.15) is 10.4 Å². The van der Waals surface area contributed by atoms with Crippen LogP contribution in [0.2, 0.25) is 5.15 Å². The van der Waals surface area contributed by atoms with E-state index in [4.69, 9.17) is 16.7 Å². The smallest absolute Gasteiger partial charge is 0.338 e. The Labute approximate surface area is 85.3 Å². The molecule has 7 heteroatoms. The summed E-state index contributed by atoms with van der Waals surface area (Å²) in [5.74, 6) is -1.35. The summed E-state index contributed by atoms with van der Waals surface area (Å²) in [5, 5.41) is 8.61. The number of hydrogen-bond acceptors (Lipinski definition) is 4. The molecule has 14 heavy (non-hydrogen) atoms. The third-order valence-corrected chi connectivity index (χ3v) is 2.81. The van der Waals surface area contributed by atoms with Crippen LogP contribution in [0.3, 0.4) is 0 Å². The number of carbonyl (C=O) groups is 1. The zero-order valence-corrected chi connectivity index (χ0v) is 8.63. The lowest BCUT2D eigenvalue weighted by molar-refractivity contribution is 0.0692. The molecule has 0 radical (unpaired) electrons. The van der Waals surface area contributed by atoms with Crippen molar-refractivity contribution in [3.05, 3.63) is 23.0 Å². The minimum absolute atomic E-state index is 0.0598. The number of sulfone groups is 1. The number of nitrogens with zero attached hydrogens (tertiary/aromatic N) is 1. The highest BCUT2D eigenvalue weighted by molar-refractivity contribution is 7.90. The van der Waals surface area contributed by atoms with E-state index in [2.05, 4.69) is 4.98 Å². The molecule has 1 rings (SSSR count). The minimum Gasteiger partial charge on any atom is -0.478 e. The Hall–Kier alpha value is -1.14. The van der Waals surface area contributed by atoms with Crippen molar-refractivity contribution < 1.29 is 18.3 Å². The zero-order valence-electron chi connectivity index (χ0n) is 7.06. The van der Waals surface area contributed by atoms with Gasteiger partial charge in [-0.2, -0.15) is 0 Å². The summed E-state index contributed by atoms with van der Waals surface area (Å²) in [6.45, 7) is 0. The summed E-state index contributed by atoms with van der Waals surface area (Å²) in [6, 6.07) is 1.01. The SMILES string of the molecule is CS(=O)(=O)c1cc(Cl)ncc1C(=O)O. The van der Waals surface area contributed by atoms with Crippen molar-refractivity contribution in [2.75, 3.05) is 6.26 Å².